The molecule has 0 spiro atoms. The molecular formula is C9H17FN2O. The molecule has 1 unspecified atom stereocenters. The van der Waals surface area contributed by atoms with E-state index in [2.05, 4.69) is 10.2 Å². The second kappa shape index (κ2) is 4.35. The molecular weight excluding hydrogens is 171 g/mol. The molecule has 2 heterocycles. The quantitative estimate of drug-likeness (QED) is 0.628. The van der Waals surface area contributed by atoms with Crippen molar-refractivity contribution < 1.29 is 9.13 Å². The van der Waals surface area contributed by atoms with Crippen molar-refractivity contribution in [3.8, 4) is 0 Å². The Hall–Kier alpha value is -0.190. The fourth-order valence-electron chi connectivity index (χ4n) is 2.13. The van der Waals surface area contributed by atoms with Crippen LogP contribution in [0.15, 0.2) is 0 Å². The standard InChI is InChI=1S/C9H17FN2O/c10-8-7-11-2-1-9(8)12-3-5-13-6-4-12/h8-9,11H,1-7H2/t8-,9?/m0/s1. The summed E-state index contributed by atoms with van der Waals surface area (Å²) in [5, 5.41) is 3.07. The van der Waals surface area contributed by atoms with E-state index >= 15 is 0 Å². The van der Waals surface area contributed by atoms with Crippen LogP contribution in [0.4, 0.5) is 4.39 Å². The van der Waals surface area contributed by atoms with Gasteiger partial charge < -0.3 is 10.1 Å². The number of nitrogens with one attached hydrogen (secondary N) is 1. The Morgan fingerprint density at radius 3 is 2.77 bits per heavy atom. The molecule has 0 aromatic rings. The first-order valence-corrected chi connectivity index (χ1v) is 5.04. The maximum atomic E-state index is 13.5. The van der Waals surface area contributed by atoms with Gasteiger partial charge in [-0.2, -0.15) is 0 Å². The molecule has 0 radical (unpaired) electrons. The van der Waals surface area contributed by atoms with Crippen molar-refractivity contribution in [2.24, 2.45) is 0 Å². The molecule has 76 valence electrons. The molecule has 1 N–H and O–H groups in total. The Kier molecular flexibility index (Phi) is 3.14. The minimum atomic E-state index is -0.702. The van der Waals surface area contributed by atoms with Gasteiger partial charge in [-0.1, -0.05) is 0 Å². The van der Waals surface area contributed by atoms with E-state index in [0.717, 1.165) is 39.3 Å². The monoisotopic (exact) mass is 188 g/mol. The predicted octanol–water partition coefficient (Wildman–Crippen LogP) is 0.0186. The van der Waals surface area contributed by atoms with Gasteiger partial charge >= 0.3 is 0 Å². The topological polar surface area (TPSA) is 24.5 Å². The van der Waals surface area contributed by atoms with Gasteiger partial charge in [0.05, 0.1) is 13.2 Å². The van der Waals surface area contributed by atoms with Crippen LogP contribution < -0.4 is 5.32 Å². The van der Waals surface area contributed by atoms with Crippen LogP contribution in [0.5, 0.6) is 0 Å². The van der Waals surface area contributed by atoms with Crippen LogP contribution in [0.1, 0.15) is 6.42 Å². The molecule has 2 atom stereocenters. The molecule has 0 saturated carbocycles. The number of morpholine rings is 1. The molecule has 4 heteroatoms. The van der Waals surface area contributed by atoms with Gasteiger partial charge in [-0.15, -0.1) is 0 Å². The van der Waals surface area contributed by atoms with E-state index in [0.29, 0.717) is 6.54 Å². The smallest absolute Gasteiger partial charge is 0.128 e. The highest BCUT2D eigenvalue weighted by molar-refractivity contribution is 4.86. The largest absolute Gasteiger partial charge is 0.379 e. The van der Waals surface area contributed by atoms with E-state index in [1.807, 2.05) is 0 Å². The van der Waals surface area contributed by atoms with E-state index in [1.54, 1.807) is 0 Å². The Bertz CT molecular complexity index is 162. The van der Waals surface area contributed by atoms with E-state index in [-0.39, 0.29) is 6.04 Å². The molecule has 2 aliphatic rings. The van der Waals surface area contributed by atoms with E-state index in [4.69, 9.17) is 4.74 Å². The van der Waals surface area contributed by atoms with Gasteiger partial charge in [0.1, 0.15) is 6.17 Å². The number of alkyl halides is 1. The fraction of sp³-hybridized carbons (Fsp3) is 1.00. The van der Waals surface area contributed by atoms with Gasteiger partial charge in [0, 0.05) is 25.7 Å². The maximum Gasteiger partial charge on any atom is 0.128 e. The van der Waals surface area contributed by atoms with E-state index in [9.17, 15) is 4.39 Å². The van der Waals surface area contributed by atoms with Crippen molar-refractivity contribution in [3.63, 3.8) is 0 Å². The summed E-state index contributed by atoms with van der Waals surface area (Å²) in [6.07, 6.45) is 0.230. The summed E-state index contributed by atoms with van der Waals surface area (Å²) < 4.78 is 18.7. The van der Waals surface area contributed by atoms with Crippen molar-refractivity contribution in [2.45, 2.75) is 18.6 Å². The maximum absolute atomic E-state index is 13.5. The first-order chi connectivity index (χ1) is 6.38. The van der Waals surface area contributed by atoms with Crippen molar-refractivity contribution in [1.82, 2.24) is 10.2 Å². The molecule has 13 heavy (non-hydrogen) atoms. The average molecular weight is 188 g/mol. The Morgan fingerprint density at radius 1 is 1.31 bits per heavy atom. The van der Waals surface area contributed by atoms with E-state index < -0.39 is 6.17 Å². The first-order valence-electron chi connectivity index (χ1n) is 5.04. The molecule has 0 aromatic heterocycles. The molecule has 2 aliphatic heterocycles. The molecule has 0 amide bonds. The van der Waals surface area contributed by atoms with Gasteiger partial charge in [0.2, 0.25) is 0 Å². The van der Waals surface area contributed by atoms with Crippen molar-refractivity contribution in [3.05, 3.63) is 0 Å². The Labute approximate surface area is 78.2 Å². The zero-order valence-electron chi connectivity index (χ0n) is 7.84. The van der Waals surface area contributed by atoms with Gasteiger partial charge in [-0.25, -0.2) is 4.39 Å². The summed E-state index contributed by atoms with van der Waals surface area (Å²) in [7, 11) is 0. The third-order valence-corrected chi connectivity index (χ3v) is 2.89. The fourth-order valence-corrected chi connectivity index (χ4v) is 2.13. The normalized spacial score (nSPS) is 37.6. The second-order valence-electron chi connectivity index (χ2n) is 3.72. The van der Waals surface area contributed by atoms with E-state index in [1.165, 1.54) is 0 Å². The minimum Gasteiger partial charge on any atom is -0.379 e. The summed E-state index contributed by atoms with van der Waals surface area (Å²) in [4.78, 5) is 2.23. The second-order valence-corrected chi connectivity index (χ2v) is 3.72. The predicted molar refractivity (Wildman–Crippen MR) is 48.6 cm³/mol. The number of hydrogen-bond acceptors (Lipinski definition) is 3. The van der Waals surface area contributed by atoms with Crippen LogP contribution >= 0.6 is 0 Å². The lowest BCUT2D eigenvalue weighted by molar-refractivity contribution is -0.0108. The zero-order chi connectivity index (χ0) is 9.10. The summed E-state index contributed by atoms with van der Waals surface area (Å²) >= 11 is 0. The molecule has 2 fully saturated rings. The molecule has 3 nitrogen and oxygen atoms in total. The van der Waals surface area contributed by atoms with Crippen LogP contribution in [0.2, 0.25) is 0 Å². The molecule has 0 bridgehead atoms. The number of nitrogens with zero attached hydrogens (tertiary/aromatic N) is 1. The Morgan fingerprint density at radius 2 is 2.08 bits per heavy atom. The molecule has 0 aliphatic carbocycles. The number of halogens is 1. The SMILES string of the molecule is F[C@H]1CNCCC1N1CCOCC1. The molecule has 0 aromatic carbocycles. The third kappa shape index (κ3) is 2.18. The first kappa shape index (κ1) is 9.37. The van der Waals surface area contributed by atoms with Crippen molar-refractivity contribution >= 4 is 0 Å². The summed E-state index contributed by atoms with van der Waals surface area (Å²) in [6.45, 7) is 4.77. The summed E-state index contributed by atoms with van der Waals surface area (Å²) in [5.74, 6) is 0. The van der Waals surface area contributed by atoms with Gasteiger partial charge in [0.15, 0.2) is 0 Å². The van der Waals surface area contributed by atoms with Crippen LogP contribution in [-0.4, -0.2) is 56.5 Å². The average Bonchev–Trinajstić information content (AvgIpc) is 2.20. The van der Waals surface area contributed by atoms with Gasteiger partial charge in [-0.05, 0) is 13.0 Å². The van der Waals surface area contributed by atoms with Crippen molar-refractivity contribution in [2.75, 3.05) is 39.4 Å². The number of rotatable bonds is 1. The molecule has 2 rings (SSSR count). The summed E-state index contributed by atoms with van der Waals surface area (Å²) in [5.41, 5.74) is 0. The lowest BCUT2D eigenvalue weighted by atomic mass is 10.0. The number of piperidine rings is 1. The number of ether oxygens (including phenoxy) is 1. The van der Waals surface area contributed by atoms with Crippen LogP contribution in [0.25, 0.3) is 0 Å². The van der Waals surface area contributed by atoms with Crippen LogP contribution in [0.3, 0.4) is 0 Å². The van der Waals surface area contributed by atoms with Gasteiger partial charge in [0.25, 0.3) is 0 Å². The van der Waals surface area contributed by atoms with Gasteiger partial charge in [-0.3, -0.25) is 4.90 Å². The highest BCUT2D eigenvalue weighted by Gasteiger charge is 2.30. The highest BCUT2D eigenvalue weighted by atomic mass is 19.1. The lowest BCUT2D eigenvalue weighted by Gasteiger charge is -2.38. The van der Waals surface area contributed by atoms with Crippen LogP contribution in [-0.2, 0) is 4.74 Å². The highest BCUT2D eigenvalue weighted by Crippen LogP contribution is 2.16. The lowest BCUT2D eigenvalue weighted by Crippen LogP contribution is -2.54. The zero-order valence-corrected chi connectivity index (χ0v) is 7.84. The van der Waals surface area contributed by atoms with Crippen LogP contribution in [0, 0.1) is 0 Å². The number of hydrogen-bond donors (Lipinski definition) is 1. The minimum absolute atomic E-state index is 0.130. The van der Waals surface area contributed by atoms with Crippen molar-refractivity contribution in [1.29, 1.82) is 0 Å². The summed E-state index contributed by atoms with van der Waals surface area (Å²) in [6, 6.07) is 0.130. The third-order valence-electron chi connectivity index (χ3n) is 2.89. The molecule has 2 saturated heterocycles. The Balaban J connectivity index is 1.88.